The first kappa shape index (κ1) is 12.2. The fourth-order valence-corrected chi connectivity index (χ4v) is 1.16. The second-order valence-corrected chi connectivity index (χ2v) is 3.66. The lowest BCUT2D eigenvalue weighted by Gasteiger charge is -2.18. The van der Waals surface area contributed by atoms with Crippen LogP contribution >= 0.6 is 0 Å². The van der Waals surface area contributed by atoms with E-state index in [9.17, 15) is 9.59 Å². The molecule has 13 heavy (non-hydrogen) atoms. The molecule has 0 saturated heterocycles. The van der Waals surface area contributed by atoms with Crippen molar-refractivity contribution in [3.63, 3.8) is 0 Å². The molecule has 2 unspecified atom stereocenters. The smallest absolute Gasteiger partial charge is 0.325 e. The molecule has 0 spiro atoms. The summed E-state index contributed by atoms with van der Waals surface area (Å²) in [5.41, 5.74) is 0. The molecule has 74 valence electrons. The molecule has 0 bridgehead atoms. The molecule has 0 fully saturated rings. The van der Waals surface area contributed by atoms with E-state index in [4.69, 9.17) is 0 Å². The lowest BCUT2D eigenvalue weighted by molar-refractivity contribution is -0.143. The first-order valence-electron chi connectivity index (χ1n) is 4.53. The number of carbonyl (C=O) groups excluding carboxylic acids is 2. The molecule has 3 nitrogen and oxygen atoms in total. The molecule has 0 rings (SSSR count). The number of rotatable bonds is 4. The standard InChI is InChI=1S/C9H17BO3/c1-5(2)8(11)6(3)7(4)9(12)13-10/h5-7H,10H2,1-4H3. The van der Waals surface area contributed by atoms with Gasteiger partial charge in [0.1, 0.15) is 5.78 Å². The van der Waals surface area contributed by atoms with E-state index in [-0.39, 0.29) is 29.5 Å². The van der Waals surface area contributed by atoms with Crippen LogP contribution in [-0.2, 0) is 14.2 Å². The maximum atomic E-state index is 11.5. The highest BCUT2D eigenvalue weighted by atomic mass is 16.5. The van der Waals surface area contributed by atoms with Crippen molar-refractivity contribution >= 4 is 19.8 Å². The van der Waals surface area contributed by atoms with Crippen LogP contribution in [0.2, 0.25) is 0 Å². The molecule has 0 heterocycles. The highest BCUT2D eigenvalue weighted by Gasteiger charge is 2.27. The van der Waals surface area contributed by atoms with Gasteiger partial charge in [-0.1, -0.05) is 27.7 Å². The van der Waals surface area contributed by atoms with Crippen molar-refractivity contribution in [3.8, 4) is 0 Å². The Hall–Kier alpha value is -0.795. The minimum Gasteiger partial charge on any atom is -0.543 e. The first-order valence-corrected chi connectivity index (χ1v) is 4.53. The van der Waals surface area contributed by atoms with Crippen molar-refractivity contribution < 1.29 is 14.2 Å². The Balaban J connectivity index is 4.33. The monoisotopic (exact) mass is 184 g/mol. The summed E-state index contributed by atoms with van der Waals surface area (Å²) < 4.78 is 4.57. The van der Waals surface area contributed by atoms with Crippen LogP contribution in [0.5, 0.6) is 0 Å². The molecule has 0 aliphatic rings. The zero-order chi connectivity index (χ0) is 10.6. The fraction of sp³-hybridized carbons (Fsp3) is 0.778. The lowest BCUT2D eigenvalue weighted by Crippen LogP contribution is -2.29. The van der Waals surface area contributed by atoms with Gasteiger partial charge in [0.05, 0.1) is 5.92 Å². The third-order valence-corrected chi connectivity index (χ3v) is 2.34. The molecule has 0 N–H and O–H groups in total. The van der Waals surface area contributed by atoms with Crippen molar-refractivity contribution in [2.75, 3.05) is 0 Å². The Bertz CT molecular complexity index is 201. The van der Waals surface area contributed by atoms with E-state index in [1.54, 1.807) is 13.8 Å². The van der Waals surface area contributed by atoms with E-state index in [0.717, 1.165) is 0 Å². The summed E-state index contributed by atoms with van der Waals surface area (Å²) in [7, 11) is 1.34. The molecule has 0 aliphatic heterocycles. The molecule has 2 atom stereocenters. The van der Waals surface area contributed by atoms with Gasteiger partial charge in [0, 0.05) is 11.8 Å². The number of ketones is 1. The molecule has 0 aromatic carbocycles. The minimum absolute atomic E-state index is 0.0258. The molecular formula is C9H17BO3. The topological polar surface area (TPSA) is 43.4 Å². The van der Waals surface area contributed by atoms with E-state index >= 15 is 0 Å². The van der Waals surface area contributed by atoms with Gasteiger partial charge < -0.3 is 4.65 Å². The maximum Gasteiger partial charge on any atom is 0.325 e. The third kappa shape index (κ3) is 3.21. The molecule has 4 heteroatoms. The van der Waals surface area contributed by atoms with Gasteiger partial charge in [0.15, 0.2) is 0 Å². The van der Waals surface area contributed by atoms with Crippen LogP contribution in [0.25, 0.3) is 0 Å². The molecule has 0 saturated carbocycles. The Kier molecular flexibility index (Phi) is 4.74. The van der Waals surface area contributed by atoms with Gasteiger partial charge in [-0.25, -0.2) is 0 Å². The van der Waals surface area contributed by atoms with Crippen LogP contribution < -0.4 is 0 Å². The predicted molar refractivity (Wildman–Crippen MR) is 52.8 cm³/mol. The normalized spacial score (nSPS) is 15.2. The van der Waals surface area contributed by atoms with Crippen LogP contribution in [0, 0.1) is 17.8 Å². The van der Waals surface area contributed by atoms with Gasteiger partial charge in [0.25, 0.3) is 5.97 Å². The van der Waals surface area contributed by atoms with Gasteiger partial charge >= 0.3 is 8.05 Å². The average molecular weight is 184 g/mol. The summed E-state index contributed by atoms with van der Waals surface area (Å²) in [6, 6.07) is 0. The van der Waals surface area contributed by atoms with Crippen molar-refractivity contribution in [1.29, 1.82) is 0 Å². The summed E-state index contributed by atoms with van der Waals surface area (Å²) in [5.74, 6) is -0.839. The van der Waals surface area contributed by atoms with Crippen molar-refractivity contribution in [2.45, 2.75) is 27.7 Å². The number of Topliss-reactive ketones (excluding diaryl/α,β-unsaturated/α-hetero) is 1. The minimum atomic E-state index is -0.347. The fourth-order valence-electron chi connectivity index (χ4n) is 1.16. The second kappa shape index (κ2) is 5.05. The largest absolute Gasteiger partial charge is 0.543 e. The quantitative estimate of drug-likeness (QED) is 0.600. The molecule has 0 aromatic rings. The second-order valence-electron chi connectivity index (χ2n) is 3.66. The van der Waals surface area contributed by atoms with Crippen LogP contribution in [-0.4, -0.2) is 19.8 Å². The number of carbonyl (C=O) groups is 2. The SMILES string of the molecule is BOC(=O)C(C)C(C)C(=O)C(C)C. The van der Waals surface area contributed by atoms with Gasteiger partial charge in [-0.15, -0.1) is 0 Å². The Labute approximate surface area is 80.3 Å². The summed E-state index contributed by atoms with van der Waals surface area (Å²) >= 11 is 0. The zero-order valence-corrected chi connectivity index (χ0v) is 8.96. The Morgan fingerprint density at radius 1 is 1.08 bits per heavy atom. The summed E-state index contributed by atoms with van der Waals surface area (Å²) in [4.78, 5) is 22.6. The first-order chi connectivity index (χ1) is 5.91. The van der Waals surface area contributed by atoms with Gasteiger partial charge in [-0.3, -0.25) is 9.59 Å². The van der Waals surface area contributed by atoms with Crippen molar-refractivity contribution in [3.05, 3.63) is 0 Å². The molecule has 0 amide bonds. The maximum absolute atomic E-state index is 11.5. The van der Waals surface area contributed by atoms with Crippen LogP contribution in [0.1, 0.15) is 27.7 Å². The molecule has 0 aromatic heterocycles. The summed E-state index contributed by atoms with van der Waals surface area (Å²) in [6.07, 6.45) is 0. The molecular weight excluding hydrogens is 167 g/mol. The Morgan fingerprint density at radius 3 is 1.85 bits per heavy atom. The van der Waals surface area contributed by atoms with Crippen molar-refractivity contribution in [1.82, 2.24) is 0 Å². The van der Waals surface area contributed by atoms with E-state index in [0.29, 0.717) is 0 Å². The number of hydrogen-bond acceptors (Lipinski definition) is 3. The molecule has 0 aliphatic carbocycles. The van der Waals surface area contributed by atoms with E-state index in [1.807, 2.05) is 13.8 Å². The molecule has 0 radical (unpaired) electrons. The van der Waals surface area contributed by atoms with Crippen LogP contribution in [0.3, 0.4) is 0 Å². The van der Waals surface area contributed by atoms with Crippen molar-refractivity contribution in [2.24, 2.45) is 17.8 Å². The van der Waals surface area contributed by atoms with Gasteiger partial charge in [-0.05, 0) is 0 Å². The van der Waals surface area contributed by atoms with E-state index in [1.165, 1.54) is 8.05 Å². The zero-order valence-electron chi connectivity index (χ0n) is 8.96. The third-order valence-electron chi connectivity index (χ3n) is 2.34. The highest BCUT2D eigenvalue weighted by molar-refractivity contribution is 6.06. The van der Waals surface area contributed by atoms with E-state index in [2.05, 4.69) is 4.65 Å². The van der Waals surface area contributed by atoms with Gasteiger partial charge in [-0.2, -0.15) is 0 Å². The van der Waals surface area contributed by atoms with Crippen LogP contribution in [0.4, 0.5) is 0 Å². The lowest BCUT2D eigenvalue weighted by atomic mass is 9.87. The average Bonchev–Trinajstić information content (AvgIpc) is 2.12. The number of hydrogen-bond donors (Lipinski definition) is 0. The van der Waals surface area contributed by atoms with Crippen LogP contribution in [0.15, 0.2) is 0 Å². The predicted octanol–water partition coefficient (Wildman–Crippen LogP) is 0.575. The van der Waals surface area contributed by atoms with Gasteiger partial charge in [0.2, 0.25) is 0 Å². The summed E-state index contributed by atoms with van der Waals surface area (Å²) in [6.45, 7) is 7.16. The highest BCUT2D eigenvalue weighted by Crippen LogP contribution is 2.17. The Morgan fingerprint density at radius 2 is 1.54 bits per heavy atom. The van der Waals surface area contributed by atoms with E-state index < -0.39 is 0 Å². The summed E-state index contributed by atoms with van der Waals surface area (Å²) in [5, 5.41) is 0.